The molecule has 0 aromatic carbocycles. The second-order valence-corrected chi connectivity index (χ2v) is 7.02. The van der Waals surface area contributed by atoms with Crippen LogP contribution in [0.3, 0.4) is 0 Å². The summed E-state index contributed by atoms with van der Waals surface area (Å²) in [6, 6.07) is 2.25. The molecule has 6 nitrogen and oxygen atoms in total. The van der Waals surface area contributed by atoms with Crippen molar-refractivity contribution in [2.24, 2.45) is 0 Å². The fourth-order valence-electron chi connectivity index (χ4n) is 2.26. The van der Waals surface area contributed by atoms with Crippen molar-refractivity contribution in [3.63, 3.8) is 0 Å². The Morgan fingerprint density at radius 2 is 2.20 bits per heavy atom. The molecular weight excluding hydrogens is 302 g/mol. The van der Waals surface area contributed by atoms with Gasteiger partial charge in [-0.2, -0.15) is 4.31 Å². The third kappa shape index (κ3) is 2.65. The van der Waals surface area contributed by atoms with Crippen molar-refractivity contribution < 1.29 is 13.2 Å². The number of pyridine rings is 1. The molecule has 0 saturated carbocycles. The van der Waals surface area contributed by atoms with Gasteiger partial charge in [0.25, 0.3) is 0 Å². The van der Waals surface area contributed by atoms with Gasteiger partial charge in [0.2, 0.25) is 15.9 Å². The molecule has 0 radical (unpaired) electrons. The van der Waals surface area contributed by atoms with Gasteiger partial charge in [-0.3, -0.25) is 4.79 Å². The Hall–Kier alpha value is -1.18. The Bertz CT molecular complexity index is 618. The van der Waals surface area contributed by atoms with E-state index >= 15 is 0 Å². The topological polar surface area (TPSA) is 70.6 Å². The lowest BCUT2D eigenvalue weighted by atomic mass is 10.2. The van der Waals surface area contributed by atoms with Gasteiger partial charge in [0.05, 0.1) is 0 Å². The van der Waals surface area contributed by atoms with E-state index in [0.717, 1.165) is 0 Å². The highest BCUT2D eigenvalue weighted by Gasteiger charge is 2.40. The van der Waals surface area contributed by atoms with Gasteiger partial charge in [0, 0.05) is 26.8 Å². The highest BCUT2D eigenvalue weighted by Crippen LogP contribution is 2.29. The van der Waals surface area contributed by atoms with Crippen LogP contribution in [0.4, 0.5) is 0 Å². The van der Waals surface area contributed by atoms with Crippen LogP contribution in [0, 0.1) is 0 Å². The minimum absolute atomic E-state index is 0.0554. The van der Waals surface area contributed by atoms with E-state index < -0.39 is 16.1 Å². The molecule has 0 aliphatic carbocycles. The number of hydrogen-bond acceptors (Lipinski definition) is 4. The molecule has 1 aromatic rings. The average molecular weight is 318 g/mol. The van der Waals surface area contributed by atoms with Gasteiger partial charge in [-0.25, -0.2) is 13.4 Å². The van der Waals surface area contributed by atoms with Gasteiger partial charge in [-0.05, 0) is 25.0 Å². The molecule has 1 aromatic heterocycles. The number of nitrogens with zero attached hydrogens (tertiary/aromatic N) is 3. The van der Waals surface area contributed by atoms with Gasteiger partial charge in [0.1, 0.15) is 16.1 Å². The summed E-state index contributed by atoms with van der Waals surface area (Å²) in [5, 5.41) is -0.0737. The Kier molecular flexibility index (Phi) is 4.31. The summed E-state index contributed by atoms with van der Waals surface area (Å²) in [7, 11) is -0.579. The minimum Gasteiger partial charge on any atom is -0.347 e. The molecule has 2 heterocycles. The predicted octanol–water partition coefficient (Wildman–Crippen LogP) is 0.976. The van der Waals surface area contributed by atoms with Crippen molar-refractivity contribution in [1.29, 1.82) is 0 Å². The summed E-state index contributed by atoms with van der Waals surface area (Å²) in [5.41, 5.74) is 0. The number of hydrogen-bond donors (Lipinski definition) is 0. The number of aromatic nitrogens is 1. The molecule has 1 atom stereocenters. The van der Waals surface area contributed by atoms with Crippen LogP contribution < -0.4 is 0 Å². The largest absolute Gasteiger partial charge is 0.347 e. The van der Waals surface area contributed by atoms with E-state index in [9.17, 15) is 13.2 Å². The van der Waals surface area contributed by atoms with E-state index in [-0.39, 0.29) is 16.0 Å². The summed E-state index contributed by atoms with van der Waals surface area (Å²) in [6.07, 6.45) is 2.60. The number of amides is 1. The Labute approximate surface area is 123 Å². The molecule has 0 N–H and O–H groups in total. The number of carbonyl (C=O) groups excluding carboxylic acids is 1. The number of sulfonamides is 1. The van der Waals surface area contributed by atoms with Crippen molar-refractivity contribution in [2.75, 3.05) is 20.6 Å². The zero-order valence-electron chi connectivity index (χ0n) is 11.3. The third-order valence-electron chi connectivity index (χ3n) is 3.24. The molecule has 1 aliphatic rings. The first-order chi connectivity index (χ1) is 9.35. The van der Waals surface area contributed by atoms with Crippen molar-refractivity contribution in [2.45, 2.75) is 23.8 Å². The molecule has 110 valence electrons. The predicted molar refractivity (Wildman–Crippen MR) is 74.9 cm³/mol. The number of carbonyl (C=O) groups is 1. The van der Waals surface area contributed by atoms with Crippen molar-refractivity contribution in [3.05, 3.63) is 23.5 Å². The lowest BCUT2D eigenvalue weighted by Crippen LogP contribution is -2.45. The van der Waals surface area contributed by atoms with Gasteiger partial charge < -0.3 is 4.90 Å². The van der Waals surface area contributed by atoms with Crippen LogP contribution in [-0.4, -0.2) is 55.2 Å². The molecule has 1 aliphatic heterocycles. The van der Waals surface area contributed by atoms with Gasteiger partial charge >= 0.3 is 0 Å². The molecule has 8 heteroatoms. The highest BCUT2D eigenvalue weighted by atomic mass is 35.5. The number of rotatable bonds is 3. The van der Waals surface area contributed by atoms with E-state index in [1.54, 1.807) is 14.1 Å². The molecule has 1 unspecified atom stereocenters. The van der Waals surface area contributed by atoms with Crippen molar-refractivity contribution in [1.82, 2.24) is 14.2 Å². The van der Waals surface area contributed by atoms with Crippen LogP contribution in [0.2, 0.25) is 5.15 Å². The SMILES string of the molecule is CN(C)C(=O)C1CCCN1S(=O)(=O)c1cccnc1Cl. The molecule has 1 saturated heterocycles. The molecular formula is C12H16ClN3O3S. The van der Waals surface area contributed by atoms with Crippen molar-refractivity contribution >= 4 is 27.5 Å². The zero-order chi connectivity index (χ0) is 14.9. The summed E-state index contributed by atoms with van der Waals surface area (Å²) in [5.74, 6) is -0.217. The van der Waals surface area contributed by atoms with E-state index in [2.05, 4.69) is 4.98 Å². The minimum atomic E-state index is -3.81. The van der Waals surface area contributed by atoms with Gasteiger partial charge in [-0.15, -0.1) is 0 Å². The molecule has 0 bridgehead atoms. The third-order valence-corrected chi connectivity index (χ3v) is 5.59. The standard InChI is InChI=1S/C12H16ClN3O3S/c1-15(2)12(17)9-5-4-8-16(9)20(18,19)10-6-3-7-14-11(10)13/h3,6-7,9H,4-5,8H2,1-2H3. The first-order valence-corrected chi connectivity index (χ1v) is 8.01. The van der Waals surface area contributed by atoms with Crippen LogP contribution in [0.25, 0.3) is 0 Å². The highest BCUT2D eigenvalue weighted by molar-refractivity contribution is 7.89. The lowest BCUT2D eigenvalue weighted by Gasteiger charge is -2.25. The van der Waals surface area contributed by atoms with Crippen LogP contribution in [0.15, 0.2) is 23.2 Å². The van der Waals surface area contributed by atoms with Crippen LogP contribution in [0.5, 0.6) is 0 Å². The fraction of sp³-hybridized carbons (Fsp3) is 0.500. The molecule has 1 amide bonds. The van der Waals surface area contributed by atoms with E-state index in [4.69, 9.17) is 11.6 Å². The van der Waals surface area contributed by atoms with Gasteiger partial charge in [-0.1, -0.05) is 11.6 Å². The van der Waals surface area contributed by atoms with Gasteiger partial charge in [0.15, 0.2) is 0 Å². The maximum absolute atomic E-state index is 12.6. The Balaban J connectivity index is 2.39. The number of likely N-dealkylation sites (N-methyl/N-ethyl adjacent to an activating group) is 1. The Morgan fingerprint density at radius 3 is 2.80 bits per heavy atom. The smallest absolute Gasteiger partial charge is 0.246 e. The Morgan fingerprint density at radius 1 is 1.50 bits per heavy atom. The zero-order valence-corrected chi connectivity index (χ0v) is 12.9. The fourth-order valence-corrected chi connectivity index (χ4v) is 4.34. The summed E-state index contributed by atoms with van der Waals surface area (Å²) in [4.78, 5) is 17.2. The average Bonchev–Trinajstić information content (AvgIpc) is 2.87. The summed E-state index contributed by atoms with van der Waals surface area (Å²) < 4.78 is 26.5. The number of halogens is 1. The second kappa shape index (κ2) is 5.67. The second-order valence-electron chi connectivity index (χ2n) is 4.80. The van der Waals surface area contributed by atoms with Crippen LogP contribution in [-0.2, 0) is 14.8 Å². The van der Waals surface area contributed by atoms with E-state index in [1.807, 2.05) is 0 Å². The molecule has 2 rings (SSSR count). The lowest BCUT2D eigenvalue weighted by molar-refractivity contribution is -0.132. The van der Waals surface area contributed by atoms with E-state index in [0.29, 0.717) is 19.4 Å². The van der Waals surface area contributed by atoms with Crippen LogP contribution >= 0.6 is 11.6 Å². The van der Waals surface area contributed by atoms with E-state index in [1.165, 1.54) is 27.5 Å². The maximum Gasteiger partial charge on any atom is 0.246 e. The molecule has 0 spiro atoms. The monoisotopic (exact) mass is 317 g/mol. The molecule has 20 heavy (non-hydrogen) atoms. The summed E-state index contributed by atoms with van der Waals surface area (Å²) in [6.45, 7) is 0.317. The summed E-state index contributed by atoms with van der Waals surface area (Å²) >= 11 is 5.86. The quantitative estimate of drug-likeness (QED) is 0.779. The first-order valence-electron chi connectivity index (χ1n) is 6.19. The first kappa shape index (κ1) is 15.2. The van der Waals surface area contributed by atoms with Crippen LogP contribution in [0.1, 0.15) is 12.8 Å². The normalized spacial score (nSPS) is 20.1. The maximum atomic E-state index is 12.6. The van der Waals surface area contributed by atoms with Crippen molar-refractivity contribution in [3.8, 4) is 0 Å². The molecule has 1 fully saturated rings.